The molecule has 1 aromatic carbocycles. The molecule has 0 aliphatic heterocycles. The summed E-state index contributed by atoms with van der Waals surface area (Å²) in [5.74, 6) is -0.310. The fourth-order valence-electron chi connectivity index (χ4n) is 1.34. The van der Waals surface area contributed by atoms with Crippen molar-refractivity contribution in [2.24, 2.45) is 0 Å². The molecule has 0 heterocycles. The third-order valence-corrected chi connectivity index (χ3v) is 3.00. The van der Waals surface area contributed by atoms with Gasteiger partial charge in [-0.25, -0.2) is 0 Å². The Labute approximate surface area is 103 Å². The summed E-state index contributed by atoms with van der Waals surface area (Å²) < 4.78 is 5.75. The molecule has 0 atom stereocenters. The normalized spacial score (nSPS) is 9.62. The zero-order chi connectivity index (χ0) is 12.1. The maximum Gasteiger partial charge on any atom is 0.310 e. The van der Waals surface area contributed by atoms with Crippen LogP contribution in [0.15, 0.2) is 16.6 Å². The SMILES string of the molecule is CCOC(=O)Cc1cc(Br)c(C)cc1C#N. The number of hydrogen-bond donors (Lipinski definition) is 0. The minimum Gasteiger partial charge on any atom is -0.466 e. The first-order chi connectivity index (χ1) is 7.58. The standard InChI is InChI=1S/C12H12BrNO2/c1-3-16-12(15)6-9-5-11(13)8(2)4-10(9)7-14/h4-5H,3,6H2,1-2H3. The summed E-state index contributed by atoms with van der Waals surface area (Å²) in [5.41, 5.74) is 2.19. The second-order valence-corrected chi connectivity index (χ2v) is 4.21. The van der Waals surface area contributed by atoms with E-state index in [-0.39, 0.29) is 12.4 Å². The molecule has 1 aromatic rings. The van der Waals surface area contributed by atoms with Crippen molar-refractivity contribution in [1.82, 2.24) is 0 Å². The van der Waals surface area contributed by atoms with Crippen LogP contribution in [0, 0.1) is 18.3 Å². The Hall–Kier alpha value is -1.34. The number of nitriles is 1. The van der Waals surface area contributed by atoms with Gasteiger partial charge in [0.25, 0.3) is 0 Å². The molecule has 16 heavy (non-hydrogen) atoms. The third-order valence-electron chi connectivity index (χ3n) is 2.15. The highest BCUT2D eigenvalue weighted by atomic mass is 79.9. The largest absolute Gasteiger partial charge is 0.466 e. The lowest BCUT2D eigenvalue weighted by atomic mass is 10.0. The minimum absolute atomic E-state index is 0.135. The summed E-state index contributed by atoms with van der Waals surface area (Å²) in [4.78, 5) is 11.3. The van der Waals surface area contributed by atoms with Crippen LogP contribution >= 0.6 is 15.9 Å². The van der Waals surface area contributed by atoms with Gasteiger partial charge in [0.15, 0.2) is 0 Å². The number of rotatable bonds is 3. The number of halogens is 1. The molecular formula is C12H12BrNO2. The summed E-state index contributed by atoms with van der Waals surface area (Å²) in [6.45, 7) is 4.01. The van der Waals surface area contributed by atoms with Crippen LogP contribution in [0.5, 0.6) is 0 Å². The van der Waals surface area contributed by atoms with Crippen molar-refractivity contribution < 1.29 is 9.53 Å². The van der Waals surface area contributed by atoms with Gasteiger partial charge in [0.2, 0.25) is 0 Å². The van der Waals surface area contributed by atoms with E-state index >= 15 is 0 Å². The van der Waals surface area contributed by atoms with Crippen LogP contribution < -0.4 is 0 Å². The fraction of sp³-hybridized carbons (Fsp3) is 0.333. The number of carbonyl (C=O) groups is 1. The first kappa shape index (κ1) is 12.7. The highest BCUT2D eigenvalue weighted by molar-refractivity contribution is 9.10. The maximum absolute atomic E-state index is 11.3. The van der Waals surface area contributed by atoms with Gasteiger partial charge in [-0.3, -0.25) is 4.79 Å². The minimum atomic E-state index is -0.310. The summed E-state index contributed by atoms with van der Waals surface area (Å²) >= 11 is 3.38. The zero-order valence-electron chi connectivity index (χ0n) is 9.21. The van der Waals surface area contributed by atoms with Crippen molar-refractivity contribution in [2.45, 2.75) is 20.3 Å². The van der Waals surface area contributed by atoms with Crippen molar-refractivity contribution >= 4 is 21.9 Å². The predicted octanol–water partition coefficient (Wildman–Crippen LogP) is 2.73. The van der Waals surface area contributed by atoms with Crippen LogP contribution in [0.3, 0.4) is 0 Å². The lowest BCUT2D eigenvalue weighted by molar-refractivity contribution is -0.142. The van der Waals surface area contributed by atoms with Gasteiger partial charge in [-0.05, 0) is 37.1 Å². The van der Waals surface area contributed by atoms with Gasteiger partial charge in [0.1, 0.15) is 0 Å². The second kappa shape index (κ2) is 5.66. The molecule has 0 aliphatic carbocycles. The lowest BCUT2D eigenvalue weighted by Crippen LogP contribution is -2.09. The Morgan fingerprint density at radius 1 is 1.56 bits per heavy atom. The van der Waals surface area contributed by atoms with Crippen molar-refractivity contribution in [3.63, 3.8) is 0 Å². The Bertz CT molecular complexity index is 449. The maximum atomic E-state index is 11.3. The Morgan fingerprint density at radius 2 is 2.25 bits per heavy atom. The van der Waals surface area contributed by atoms with E-state index in [9.17, 15) is 4.79 Å². The summed E-state index contributed by atoms with van der Waals surface area (Å²) in [6, 6.07) is 5.64. The van der Waals surface area contributed by atoms with E-state index in [1.165, 1.54) is 0 Å². The number of esters is 1. The van der Waals surface area contributed by atoms with E-state index in [0.717, 1.165) is 10.0 Å². The van der Waals surface area contributed by atoms with Gasteiger partial charge in [-0.2, -0.15) is 5.26 Å². The van der Waals surface area contributed by atoms with Crippen molar-refractivity contribution in [2.75, 3.05) is 6.61 Å². The average Bonchev–Trinajstić information content (AvgIpc) is 2.23. The predicted molar refractivity (Wildman–Crippen MR) is 63.9 cm³/mol. The van der Waals surface area contributed by atoms with Crippen molar-refractivity contribution in [3.8, 4) is 6.07 Å². The second-order valence-electron chi connectivity index (χ2n) is 3.35. The molecule has 0 fully saturated rings. The molecule has 0 amide bonds. The lowest BCUT2D eigenvalue weighted by Gasteiger charge is -2.06. The van der Waals surface area contributed by atoms with Crippen LogP contribution in [-0.4, -0.2) is 12.6 Å². The van der Waals surface area contributed by atoms with Crippen LogP contribution in [0.2, 0.25) is 0 Å². The van der Waals surface area contributed by atoms with E-state index < -0.39 is 0 Å². The smallest absolute Gasteiger partial charge is 0.310 e. The quantitative estimate of drug-likeness (QED) is 0.801. The molecule has 1 rings (SSSR count). The zero-order valence-corrected chi connectivity index (χ0v) is 10.8. The number of nitrogens with zero attached hydrogens (tertiary/aromatic N) is 1. The molecule has 0 unspecified atom stereocenters. The van der Waals surface area contributed by atoms with Gasteiger partial charge in [0, 0.05) is 4.47 Å². The first-order valence-corrected chi connectivity index (χ1v) is 5.72. The average molecular weight is 282 g/mol. The molecular weight excluding hydrogens is 270 g/mol. The van der Waals surface area contributed by atoms with Gasteiger partial charge < -0.3 is 4.74 Å². The van der Waals surface area contributed by atoms with Crippen molar-refractivity contribution in [3.05, 3.63) is 33.3 Å². The molecule has 0 N–H and O–H groups in total. The monoisotopic (exact) mass is 281 g/mol. The summed E-state index contributed by atoms with van der Waals surface area (Å²) in [7, 11) is 0. The molecule has 4 heteroatoms. The van der Waals surface area contributed by atoms with E-state index in [1.807, 2.05) is 6.92 Å². The van der Waals surface area contributed by atoms with Crippen LogP contribution in [-0.2, 0) is 16.0 Å². The van der Waals surface area contributed by atoms with Crippen LogP contribution in [0.4, 0.5) is 0 Å². The van der Waals surface area contributed by atoms with Gasteiger partial charge in [0.05, 0.1) is 24.7 Å². The molecule has 0 bridgehead atoms. The van der Waals surface area contributed by atoms with E-state index in [1.54, 1.807) is 19.1 Å². The number of ether oxygens (including phenoxy) is 1. The van der Waals surface area contributed by atoms with E-state index in [4.69, 9.17) is 10.00 Å². The van der Waals surface area contributed by atoms with E-state index in [2.05, 4.69) is 22.0 Å². The molecule has 0 spiro atoms. The molecule has 0 radical (unpaired) electrons. The van der Waals surface area contributed by atoms with Crippen LogP contribution in [0.25, 0.3) is 0 Å². The number of aryl methyl sites for hydroxylation is 1. The molecule has 0 saturated heterocycles. The van der Waals surface area contributed by atoms with Gasteiger partial charge in [-0.1, -0.05) is 15.9 Å². The molecule has 84 valence electrons. The Kier molecular flexibility index (Phi) is 4.51. The Balaban J connectivity index is 3.00. The molecule has 3 nitrogen and oxygen atoms in total. The van der Waals surface area contributed by atoms with Crippen LogP contribution in [0.1, 0.15) is 23.6 Å². The number of carbonyl (C=O) groups excluding carboxylic acids is 1. The van der Waals surface area contributed by atoms with E-state index in [0.29, 0.717) is 17.7 Å². The summed E-state index contributed by atoms with van der Waals surface area (Å²) in [6.07, 6.45) is 0.135. The molecule has 0 aliphatic rings. The van der Waals surface area contributed by atoms with Gasteiger partial charge >= 0.3 is 5.97 Å². The first-order valence-electron chi connectivity index (χ1n) is 4.93. The number of hydrogen-bond acceptors (Lipinski definition) is 3. The third kappa shape index (κ3) is 3.07. The molecule has 0 saturated carbocycles. The van der Waals surface area contributed by atoms with Gasteiger partial charge in [-0.15, -0.1) is 0 Å². The Morgan fingerprint density at radius 3 is 2.81 bits per heavy atom. The fourth-order valence-corrected chi connectivity index (χ4v) is 1.73. The summed E-state index contributed by atoms with van der Waals surface area (Å²) in [5, 5.41) is 8.96. The number of benzene rings is 1. The topological polar surface area (TPSA) is 50.1 Å². The van der Waals surface area contributed by atoms with Crippen molar-refractivity contribution in [1.29, 1.82) is 5.26 Å². The molecule has 0 aromatic heterocycles. The highest BCUT2D eigenvalue weighted by Gasteiger charge is 2.10. The highest BCUT2D eigenvalue weighted by Crippen LogP contribution is 2.21.